The second-order valence-corrected chi connectivity index (χ2v) is 11.1. The molecule has 2 heterocycles. The number of hydrogen-bond acceptors (Lipinski definition) is 3. The van der Waals surface area contributed by atoms with E-state index in [1.165, 1.54) is 0 Å². The summed E-state index contributed by atoms with van der Waals surface area (Å²) in [6, 6.07) is 0. The molecule has 0 aromatic rings. The Kier molecular flexibility index (Phi) is 11.7. The SMILES string of the molecule is CC(C)(F)CCCCCC1CCCOC1OC1OCCCC1CCCCCC(C)(C)F. The molecule has 2 fully saturated rings. The van der Waals surface area contributed by atoms with Gasteiger partial charge < -0.3 is 14.2 Å². The summed E-state index contributed by atoms with van der Waals surface area (Å²) in [5, 5.41) is 0. The van der Waals surface area contributed by atoms with Gasteiger partial charge in [0.2, 0.25) is 0 Å². The summed E-state index contributed by atoms with van der Waals surface area (Å²) in [4.78, 5) is 0. The van der Waals surface area contributed by atoms with Gasteiger partial charge in [0.15, 0.2) is 12.6 Å². The molecule has 0 aromatic heterocycles. The molecule has 5 heteroatoms. The number of hydrogen-bond donors (Lipinski definition) is 0. The first-order chi connectivity index (χ1) is 14.6. The third-order valence-corrected chi connectivity index (χ3v) is 6.73. The first-order valence-electron chi connectivity index (χ1n) is 12.9. The van der Waals surface area contributed by atoms with E-state index in [-0.39, 0.29) is 12.6 Å². The molecular weight excluding hydrogens is 398 g/mol. The van der Waals surface area contributed by atoms with E-state index in [4.69, 9.17) is 14.2 Å². The predicted molar refractivity (Wildman–Crippen MR) is 123 cm³/mol. The fourth-order valence-electron chi connectivity index (χ4n) is 4.89. The Hall–Kier alpha value is -0.260. The van der Waals surface area contributed by atoms with Crippen molar-refractivity contribution in [3.05, 3.63) is 0 Å². The van der Waals surface area contributed by atoms with Gasteiger partial charge in [-0.15, -0.1) is 0 Å². The molecule has 184 valence electrons. The van der Waals surface area contributed by atoms with E-state index in [0.717, 1.165) is 90.3 Å². The maximum absolute atomic E-state index is 13.6. The minimum absolute atomic E-state index is 0.177. The lowest BCUT2D eigenvalue weighted by Gasteiger charge is -2.38. The minimum atomic E-state index is -1.06. The van der Waals surface area contributed by atoms with Crippen LogP contribution >= 0.6 is 0 Å². The Labute approximate surface area is 190 Å². The summed E-state index contributed by atoms with van der Waals surface area (Å²) < 4.78 is 45.8. The minimum Gasteiger partial charge on any atom is -0.352 e. The molecule has 3 nitrogen and oxygen atoms in total. The Morgan fingerprint density at radius 2 is 1.10 bits per heavy atom. The summed E-state index contributed by atoms with van der Waals surface area (Å²) in [5.74, 6) is 0.815. The average molecular weight is 447 g/mol. The fraction of sp³-hybridized carbons (Fsp3) is 1.00. The maximum Gasteiger partial charge on any atom is 0.163 e. The second-order valence-electron chi connectivity index (χ2n) is 11.1. The largest absolute Gasteiger partial charge is 0.352 e. The number of rotatable bonds is 14. The number of alkyl halides is 2. The highest BCUT2D eigenvalue weighted by molar-refractivity contribution is 4.74. The zero-order valence-corrected chi connectivity index (χ0v) is 20.6. The van der Waals surface area contributed by atoms with Gasteiger partial charge in [-0.25, -0.2) is 8.78 Å². The molecule has 0 amide bonds. The predicted octanol–water partition coefficient (Wildman–Crippen LogP) is 7.91. The van der Waals surface area contributed by atoms with E-state index in [1.54, 1.807) is 27.7 Å². The van der Waals surface area contributed by atoms with E-state index >= 15 is 0 Å². The lowest BCUT2D eigenvalue weighted by atomic mass is 9.91. The van der Waals surface area contributed by atoms with Gasteiger partial charge in [0.05, 0.1) is 0 Å². The molecule has 2 saturated heterocycles. The second kappa shape index (κ2) is 13.4. The van der Waals surface area contributed by atoms with Gasteiger partial charge in [0, 0.05) is 25.0 Å². The Bertz CT molecular complexity index is 430. The Balaban J connectivity index is 1.73. The van der Waals surface area contributed by atoms with E-state index < -0.39 is 11.3 Å². The first-order valence-corrected chi connectivity index (χ1v) is 12.9. The van der Waals surface area contributed by atoms with Crippen LogP contribution in [0.3, 0.4) is 0 Å². The molecule has 0 radical (unpaired) electrons. The van der Waals surface area contributed by atoms with Gasteiger partial charge in [-0.1, -0.05) is 38.5 Å². The maximum atomic E-state index is 13.6. The molecule has 2 aliphatic rings. The van der Waals surface area contributed by atoms with Gasteiger partial charge in [0.25, 0.3) is 0 Å². The molecular formula is C26H48F2O3. The van der Waals surface area contributed by atoms with Gasteiger partial charge in [-0.2, -0.15) is 0 Å². The van der Waals surface area contributed by atoms with Crippen molar-refractivity contribution in [2.24, 2.45) is 11.8 Å². The summed E-state index contributed by atoms with van der Waals surface area (Å²) in [6.45, 7) is 8.16. The van der Waals surface area contributed by atoms with Crippen molar-refractivity contribution in [2.75, 3.05) is 13.2 Å². The van der Waals surface area contributed by atoms with Crippen molar-refractivity contribution < 1.29 is 23.0 Å². The third-order valence-electron chi connectivity index (χ3n) is 6.73. The van der Waals surface area contributed by atoms with Crippen LogP contribution in [0.4, 0.5) is 8.78 Å². The van der Waals surface area contributed by atoms with Crippen LogP contribution in [-0.2, 0) is 14.2 Å². The molecule has 4 atom stereocenters. The molecule has 2 rings (SSSR count). The van der Waals surface area contributed by atoms with E-state index in [1.807, 2.05) is 0 Å². The highest BCUT2D eigenvalue weighted by Gasteiger charge is 2.34. The van der Waals surface area contributed by atoms with Gasteiger partial charge in [-0.05, 0) is 79.1 Å². The Morgan fingerprint density at radius 1 is 0.677 bits per heavy atom. The summed E-state index contributed by atoms with van der Waals surface area (Å²) in [7, 11) is 0. The molecule has 31 heavy (non-hydrogen) atoms. The fourth-order valence-corrected chi connectivity index (χ4v) is 4.89. The van der Waals surface area contributed by atoms with Crippen LogP contribution in [0.1, 0.15) is 118 Å². The highest BCUT2D eigenvalue weighted by atomic mass is 19.1. The number of ether oxygens (including phenoxy) is 3. The van der Waals surface area contributed by atoms with Crippen LogP contribution in [0.5, 0.6) is 0 Å². The number of unbranched alkanes of at least 4 members (excludes halogenated alkanes) is 4. The van der Waals surface area contributed by atoms with Crippen molar-refractivity contribution in [3.63, 3.8) is 0 Å². The summed E-state index contributed by atoms with van der Waals surface area (Å²) >= 11 is 0. The smallest absolute Gasteiger partial charge is 0.163 e. The molecule has 0 N–H and O–H groups in total. The number of halogens is 2. The molecule has 2 aliphatic heterocycles. The van der Waals surface area contributed by atoms with Crippen molar-refractivity contribution in [3.8, 4) is 0 Å². The van der Waals surface area contributed by atoms with Crippen molar-refractivity contribution >= 4 is 0 Å². The quantitative estimate of drug-likeness (QED) is 0.254. The normalized spacial score (nSPS) is 28.1. The highest BCUT2D eigenvalue weighted by Crippen LogP contribution is 2.33. The van der Waals surface area contributed by atoms with Crippen LogP contribution in [0, 0.1) is 11.8 Å². The van der Waals surface area contributed by atoms with Crippen LogP contribution in [0.25, 0.3) is 0 Å². The van der Waals surface area contributed by atoms with Crippen molar-refractivity contribution in [1.29, 1.82) is 0 Å². The Morgan fingerprint density at radius 3 is 1.48 bits per heavy atom. The standard InChI is InChI=1S/C26H48F2O3/c1-25(2,27)17-9-5-7-13-21-15-11-19-29-23(21)31-24-22(16-12-20-30-24)14-8-6-10-18-26(3,4)28/h21-24H,5-20H2,1-4H3. The van der Waals surface area contributed by atoms with E-state index in [2.05, 4.69) is 0 Å². The topological polar surface area (TPSA) is 27.7 Å². The molecule has 4 unspecified atom stereocenters. The molecule has 0 spiro atoms. The van der Waals surface area contributed by atoms with Crippen molar-refractivity contribution in [2.45, 2.75) is 142 Å². The summed E-state index contributed by atoms with van der Waals surface area (Å²) in [5.41, 5.74) is -2.12. The van der Waals surface area contributed by atoms with Crippen LogP contribution in [0.15, 0.2) is 0 Å². The lowest BCUT2D eigenvalue weighted by molar-refractivity contribution is -0.297. The first kappa shape index (κ1) is 27.0. The lowest BCUT2D eigenvalue weighted by Crippen LogP contribution is -2.41. The zero-order chi connectivity index (χ0) is 22.7. The summed E-state index contributed by atoms with van der Waals surface area (Å²) in [6.07, 6.45) is 13.7. The average Bonchev–Trinajstić information content (AvgIpc) is 2.68. The van der Waals surface area contributed by atoms with Crippen LogP contribution in [-0.4, -0.2) is 37.1 Å². The molecule has 0 bridgehead atoms. The zero-order valence-electron chi connectivity index (χ0n) is 20.6. The van der Waals surface area contributed by atoms with Crippen molar-refractivity contribution in [1.82, 2.24) is 0 Å². The molecule has 0 aliphatic carbocycles. The third kappa shape index (κ3) is 12.0. The monoisotopic (exact) mass is 446 g/mol. The van der Waals surface area contributed by atoms with Crippen LogP contribution < -0.4 is 0 Å². The van der Waals surface area contributed by atoms with E-state index in [0.29, 0.717) is 24.7 Å². The van der Waals surface area contributed by atoms with Crippen LogP contribution in [0.2, 0.25) is 0 Å². The van der Waals surface area contributed by atoms with Gasteiger partial charge in [0.1, 0.15) is 11.3 Å². The van der Waals surface area contributed by atoms with E-state index in [9.17, 15) is 8.78 Å². The molecule has 0 saturated carbocycles. The van der Waals surface area contributed by atoms with Gasteiger partial charge in [-0.3, -0.25) is 0 Å². The molecule has 0 aromatic carbocycles. The van der Waals surface area contributed by atoms with Gasteiger partial charge >= 0.3 is 0 Å².